The molecule has 2 aliphatic rings. The number of nitrogens with one attached hydrogen (secondary N) is 1. The van der Waals surface area contributed by atoms with Gasteiger partial charge < -0.3 is 65.1 Å². The molecule has 0 aromatic carbocycles. The summed E-state index contributed by atoms with van der Waals surface area (Å²) in [5.74, 6) is -0.246. The van der Waals surface area contributed by atoms with E-state index in [2.05, 4.69) is 43.5 Å². The van der Waals surface area contributed by atoms with Crippen molar-refractivity contribution in [2.24, 2.45) is 0 Å². The molecule has 95 heavy (non-hydrogen) atoms. The molecule has 14 heteroatoms. The molecule has 0 spiro atoms. The van der Waals surface area contributed by atoms with Crippen LogP contribution in [0.15, 0.2) is 36.5 Å². The van der Waals surface area contributed by atoms with Crippen LogP contribution < -0.4 is 5.32 Å². The lowest BCUT2D eigenvalue weighted by Crippen LogP contribution is -2.65. The van der Waals surface area contributed by atoms with Gasteiger partial charge in [0.05, 0.1) is 32.0 Å². The molecule has 2 heterocycles. The molecule has 12 unspecified atom stereocenters. The first-order valence-corrected chi connectivity index (χ1v) is 40.7. The van der Waals surface area contributed by atoms with Gasteiger partial charge in [0.2, 0.25) is 5.91 Å². The van der Waals surface area contributed by atoms with Crippen LogP contribution in [0.25, 0.3) is 0 Å². The third-order valence-electron chi connectivity index (χ3n) is 20.1. The number of rotatable bonds is 69. The summed E-state index contributed by atoms with van der Waals surface area (Å²) >= 11 is 0. The molecule has 0 radical (unpaired) electrons. The zero-order chi connectivity index (χ0) is 68.7. The Morgan fingerprint density at radius 3 is 1.03 bits per heavy atom. The van der Waals surface area contributed by atoms with Crippen LogP contribution >= 0.6 is 0 Å². The maximum absolute atomic E-state index is 13.4. The monoisotopic (exact) mass is 1350 g/mol. The van der Waals surface area contributed by atoms with E-state index in [-0.39, 0.29) is 18.9 Å². The molecule has 2 rings (SSSR count). The highest BCUT2D eigenvalue weighted by Crippen LogP contribution is 2.30. The third kappa shape index (κ3) is 48.6. The Balaban J connectivity index is 1.55. The normalized spacial score (nSPS) is 22.5. The fraction of sp³-hybridized carbons (Fsp3) is 0.914. The highest BCUT2D eigenvalue weighted by Gasteiger charge is 2.51. The van der Waals surface area contributed by atoms with Crippen LogP contribution in [-0.4, -0.2) is 140 Å². The Hall–Kier alpha value is -1.79. The summed E-state index contributed by atoms with van der Waals surface area (Å²) in [4.78, 5) is 13.4. The number of ether oxygens (including phenoxy) is 4. The minimum absolute atomic E-state index is 0.246. The van der Waals surface area contributed by atoms with Gasteiger partial charge in [-0.25, -0.2) is 0 Å². The SMILES string of the molecule is CCCCCCCCCCCC/C=C/CC/C=C/CC/C=C/C(O)C(COC1OC(CO)C(OC2OC(CO)C(O)C(O)C2O)C(O)C1O)NC(=O)CCCCCCCCCCCCCCCCCCCCCCCCCCCCCCCCCCCCCCCCCCC. The molecule has 560 valence electrons. The number of hydrogen-bond acceptors (Lipinski definition) is 13. The van der Waals surface area contributed by atoms with E-state index in [1.807, 2.05) is 6.08 Å². The lowest BCUT2D eigenvalue weighted by atomic mass is 9.97. The standard InChI is InChI=1S/C81H153NO13/c1-3-5-7-9-11-13-15-17-19-21-23-25-26-27-28-29-30-31-32-33-34-35-36-37-38-39-40-41-42-43-44-45-47-49-51-53-55-57-59-61-63-65-73(86)82-69(70(85)64-62-60-58-56-54-52-50-48-46-24-22-20-18-16-14-12-10-8-6-4-2)68-92-80-78(91)76(89)79(72(67-84)94-80)95-81-77(90)75(88)74(87)71(66-83)93-81/h46,48,54,56,62,64,69-72,74-81,83-85,87-91H,3-45,47,49-53,55,57-61,63,65-68H2,1-2H3,(H,82,86)/b48-46+,56-54+,64-62+. The van der Waals surface area contributed by atoms with Gasteiger partial charge in [0.25, 0.3) is 0 Å². The average molecular weight is 1350 g/mol. The summed E-state index contributed by atoms with van der Waals surface area (Å²) in [6.07, 6.45) is 69.8. The predicted octanol–water partition coefficient (Wildman–Crippen LogP) is 18.4. The summed E-state index contributed by atoms with van der Waals surface area (Å²) in [5, 5.41) is 87.5. The number of allylic oxidation sites excluding steroid dienone is 5. The van der Waals surface area contributed by atoms with Gasteiger partial charge in [-0.15, -0.1) is 0 Å². The van der Waals surface area contributed by atoms with Crippen molar-refractivity contribution < 1.29 is 64.6 Å². The van der Waals surface area contributed by atoms with Crippen molar-refractivity contribution in [2.45, 2.75) is 453 Å². The minimum Gasteiger partial charge on any atom is -0.394 e. The zero-order valence-electron chi connectivity index (χ0n) is 61.4. The van der Waals surface area contributed by atoms with Crippen molar-refractivity contribution >= 4 is 5.91 Å². The van der Waals surface area contributed by atoms with E-state index in [1.165, 1.54) is 302 Å². The maximum Gasteiger partial charge on any atom is 0.220 e. The van der Waals surface area contributed by atoms with Gasteiger partial charge in [-0.1, -0.05) is 365 Å². The molecule has 0 bridgehead atoms. The van der Waals surface area contributed by atoms with Gasteiger partial charge in [-0.2, -0.15) is 0 Å². The number of hydrogen-bond donors (Lipinski definition) is 9. The van der Waals surface area contributed by atoms with Gasteiger partial charge in [0.15, 0.2) is 12.6 Å². The Labute approximate surface area is 582 Å². The third-order valence-corrected chi connectivity index (χ3v) is 20.1. The summed E-state index contributed by atoms with van der Waals surface area (Å²) in [7, 11) is 0. The van der Waals surface area contributed by atoms with E-state index < -0.39 is 86.8 Å². The first-order valence-electron chi connectivity index (χ1n) is 40.7. The minimum atomic E-state index is -1.79. The molecule has 9 N–H and O–H groups in total. The van der Waals surface area contributed by atoms with E-state index in [9.17, 15) is 45.6 Å². The Morgan fingerprint density at radius 1 is 0.368 bits per heavy atom. The van der Waals surface area contributed by atoms with Crippen molar-refractivity contribution in [1.29, 1.82) is 0 Å². The molecule has 14 nitrogen and oxygen atoms in total. The smallest absolute Gasteiger partial charge is 0.220 e. The number of aliphatic hydroxyl groups is 8. The number of carbonyl (C=O) groups excluding carboxylic acids is 1. The van der Waals surface area contributed by atoms with E-state index in [0.29, 0.717) is 12.8 Å². The van der Waals surface area contributed by atoms with Crippen molar-refractivity contribution in [2.75, 3.05) is 19.8 Å². The lowest BCUT2D eigenvalue weighted by molar-refractivity contribution is -0.359. The number of aliphatic hydroxyl groups excluding tert-OH is 8. The van der Waals surface area contributed by atoms with Crippen LogP contribution in [0.1, 0.15) is 380 Å². The summed E-state index contributed by atoms with van der Waals surface area (Å²) in [5.41, 5.74) is 0. The fourth-order valence-corrected chi connectivity index (χ4v) is 13.6. The Bertz CT molecular complexity index is 1730. The largest absolute Gasteiger partial charge is 0.394 e. The average Bonchev–Trinajstić information content (AvgIpc) is 0.801. The molecule has 0 aromatic rings. The lowest BCUT2D eigenvalue weighted by Gasteiger charge is -2.46. The summed E-state index contributed by atoms with van der Waals surface area (Å²) in [6.45, 7) is 2.83. The zero-order valence-corrected chi connectivity index (χ0v) is 61.4. The van der Waals surface area contributed by atoms with Crippen molar-refractivity contribution in [1.82, 2.24) is 5.32 Å². The van der Waals surface area contributed by atoms with Gasteiger partial charge in [0, 0.05) is 6.42 Å². The van der Waals surface area contributed by atoms with Crippen LogP contribution in [0.4, 0.5) is 0 Å². The second-order valence-electron chi connectivity index (χ2n) is 28.9. The molecule has 2 fully saturated rings. The van der Waals surface area contributed by atoms with Crippen molar-refractivity contribution in [3.63, 3.8) is 0 Å². The molecule has 1 amide bonds. The van der Waals surface area contributed by atoms with E-state index in [1.54, 1.807) is 6.08 Å². The molecular formula is C81H153NO13. The highest BCUT2D eigenvalue weighted by atomic mass is 16.7. The van der Waals surface area contributed by atoms with Crippen LogP contribution in [-0.2, 0) is 23.7 Å². The van der Waals surface area contributed by atoms with E-state index >= 15 is 0 Å². The van der Waals surface area contributed by atoms with Crippen LogP contribution in [0.3, 0.4) is 0 Å². The molecule has 2 aliphatic heterocycles. The summed E-state index contributed by atoms with van der Waals surface area (Å²) < 4.78 is 22.9. The highest BCUT2D eigenvalue weighted by molar-refractivity contribution is 5.76. The molecule has 0 aliphatic carbocycles. The Kier molecular flexibility index (Phi) is 61.6. The number of carbonyl (C=O) groups is 1. The van der Waals surface area contributed by atoms with Gasteiger partial charge >= 0.3 is 0 Å². The van der Waals surface area contributed by atoms with Gasteiger partial charge in [0.1, 0.15) is 48.8 Å². The first-order chi connectivity index (χ1) is 46.6. The second kappa shape index (κ2) is 65.5. The topological polar surface area (TPSA) is 228 Å². The van der Waals surface area contributed by atoms with E-state index in [0.717, 1.165) is 44.9 Å². The van der Waals surface area contributed by atoms with Crippen molar-refractivity contribution in [3.05, 3.63) is 36.5 Å². The molecule has 12 atom stereocenters. The van der Waals surface area contributed by atoms with Crippen LogP contribution in [0.5, 0.6) is 0 Å². The fourth-order valence-electron chi connectivity index (χ4n) is 13.6. The second-order valence-corrected chi connectivity index (χ2v) is 28.9. The molecular weight excluding hydrogens is 1190 g/mol. The Morgan fingerprint density at radius 2 is 0.674 bits per heavy atom. The van der Waals surface area contributed by atoms with Crippen LogP contribution in [0.2, 0.25) is 0 Å². The van der Waals surface area contributed by atoms with Gasteiger partial charge in [-0.05, 0) is 44.9 Å². The summed E-state index contributed by atoms with van der Waals surface area (Å²) in [6, 6.07) is -0.937. The quantitative estimate of drug-likeness (QED) is 0.0204. The van der Waals surface area contributed by atoms with Gasteiger partial charge in [-0.3, -0.25) is 4.79 Å². The maximum atomic E-state index is 13.4. The molecule has 0 saturated carbocycles. The number of unbranched alkanes of at least 4 members (excludes halogenated alkanes) is 52. The predicted molar refractivity (Wildman–Crippen MR) is 392 cm³/mol. The van der Waals surface area contributed by atoms with Crippen LogP contribution in [0, 0.1) is 0 Å². The van der Waals surface area contributed by atoms with Crippen molar-refractivity contribution in [3.8, 4) is 0 Å². The molecule has 2 saturated heterocycles. The van der Waals surface area contributed by atoms with E-state index in [4.69, 9.17) is 18.9 Å². The first kappa shape index (κ1) is 89.3. The molecule has 0 aromatic heterocycles. The number of amides is 1.